The van der Waals surface area contributed by atoms with Crippen LogP contribution >= 0.6 is 0 Å². The molecular formula is C16H21N5O2. The Hall–Kier alpha value is -2.54. The topological polar surface area (TPSA) is 109 Å². The predicted octanol–water partition coefficient (Wildman–Crippen LogP) is 2.76. The second-order valence-corrected chi connectivity index (χ2v) is 5.73. The Balaban J connectivity index is 2.28. The van der Waals surface area contributed by atoms with E-state index in [-0.39, 0.29) is 11.8 Å². The van der Waals surface area contributed by atoms with Crippen molar-refractivity contribution < 1.29 is 9.84 Å². The smallest absolute Gasteiger partial charge is 0.150 e. The number of H-pyrrole nitrogens is 1. The number of aromatic hydroxyl groups is 1. The number of hydrogen-bond donors (Lipinski definition) is 4. The summed E-state index contributed by atoms with van der Waals surface area (Å²) >= 11 is 0. The number of anilines is 2. The number of phenols is 1. The van der Waals surface area contributed by atoms with Crippen molar-refractivity contribution in [3.05, 3.63) is 18.0 Å². The van der Waals surface area contributed by atoms with E-state index in [9.17, 15) is 5.11 Å². The SMILES string of the molecule is CCOCc1nc2c([nH]1)c(N)nc1cc(O)cc(NC(C)C)c12. The first kappa shape index (κ1) is 15.4. The third-order valence-corrected chi connectivity index (χ3v) is 3.48. The number of nitrogens with two attached hydrogens (primary N) is 1. The molecule has 2 heterocycles. The van der Waals surface area contributed by atoms with Crippen LogP contribution in [0.5, 0.6) is 5.75 Å². The van der Waals surface area contributed by atoms with Crippen LogP contribution in [-0.4, -0.2) is 32.7 Å². The van der Waals surface area contributed by atoms with Crippen molar-refractivity contribution in [3.63, 3.8) is 0 Å². The van der Waals surface area contributed by atoms with Gasteiger partial charge in [-0.2, -0.15) is 0 Å². The number of nitrogens with zero attached hydrogens (tertiary/aromatic N) is 2. The maximum Gasteiger partial charge on any atom is 0.150 e. The summed E-state index contributed by atoms with van der Waals surface area (Å²) in [6.45, 7) is 6.99. The fourth-order valence-corrected chi connectivity index (χ4v) is 2.62. The zero-order valence-corrected chi connectivity index (χ0v) is 13.5. The van der Waals surface area contributed by atoms with Gasteiger partial charge in [-0.3, -0.25) is 0 Å². The molecule has 3 aromatic rings. The van der Waals surface area contributed by atoms with Crippen molar-refractivity contribution in [2.45, 2.75) is 33.4 Å². The maximum atomic E-state index is 9.94. The molecule has 0 atom stereocenters. The van der Waals surface area contributed by atoms with Crippen LogP contribution in [0.25, 0.3) is 21.9 Å². The first-order valence-electron chi connectivity index (χ1n) is 7.64. The van der Waals surface area contributed by atoms with Crippen LogP contribution in [0.2, 0.25) is 0 Å². The maximum absolute atomic E-state index is 9.94. The largest absolute Gasteiger partial charge is 0.508 e. The number of aromatic amines is 1. The Morgan fingerprint density at radius 3 is 2.83 bits per heavy atom. The highest BCUT2D eigenvalue weighted by atomic mass is 16.5. The lowest BCUT2D eigenvalue weighted by atomic mass is 10.1. The van der Waals surface area contributed by atoms with Crippen LogP contribution in [0.15, 0.2) is 12.1 Å². The number of imidazole rings is 1. The van der Waals surface area contributed by atoms with E-state index in [2.05, 4.69) is 20.3 Å². The summed E-state index contributed by atoms with van der Waals surface area (Å²) in [6.07, 6.45) is 0. The van der Waals surface area contributed by atoms with Crippen LogP contribution in [0.4, 0.5) is 11.5 Å². The van der Waals surface area contributed by atoms with E-state index in [1.165, 1.54) is 0 Å². The molecule has 7 heteroatoms. The summed E-state index contributed by atoms with van der Waals surface area (Å²) in [5.74, 6) is 1.19. The van der Waals surface area contributed by atoms with Crippen LogP contribution in [0.3, 0.4) is 0 Å². The molecule has 122 valence electrons. The summed E-state index contributed by atoms with van der Waals surface area (Å²) in [6, 6.07) is 3.47. The van der Waals surface area contributed by atoms with Gasteiger partial charge in [0.25, 0.3) is 0 Å². The monoisotopic (exact) mass is 315 g/mol. The summed E-state index contributed by atoms with van der Waals surface area (Å²) in [5.41, 5.74) is 8.84. The molecule has 7 nitrogen and oxygen atoms in total. The highest BCUT2D eigenvalue weighted by molar-refractivity contribution is 6.12. The Kier molecular flexibility index (Phi) is 3.96. The molecule has 0 aliphatic carbocycles. The summed E-state index contributed by atoms with van der Waals surface area (Å²) in [7, 11) is 0. The van der Waals surface area contributed by atoms with Crippen LogP contribution in [-0.2, 0) is 11.3 Å². The van der Waals surface area contributed by atoms with E-state index < -0.39 is 0 Å². The lowest BCUT2D eigenvalue weighted by molar-refractivity contribution is 0.129. The highest BCUT2D eigenvalue weighted by Gasteiger charge is 2.16. The molecule has 1 aromatic carbocycles. The standard InChI is InChI=1S/C16H21N5O2/c1-4-23-7-12-20-14-13-10(18-8(2)3)5-9(22)6-11(13)19-16(17)15(14)21-12/h5-6,8,18,22H,4,7H2,1-3H3,(H2,17,19)(H,20,21). The molecule has 0 unspecified atom stereocenters. The van der Waals surface area contributed by atoms with E-state index in [0.29, 0.717) is 35.9 Å². The lowest BCUT2D eigenvalue weighted by Crippen LogP contribution is -2.10. The number of benzene rings is 1. The molecule has 0 radical (unpaired) electrons. The van der Waals surface area contributed by atoms with Gasteiger partial charge < -0.3 is 25.9 Å². The van der Waals surface area contributed by atoms with Crippen LogP contribution in [0.1, 0.15) is 26.6 Å². The molecular weight excluding hydrogens is 294 g/mol. The number of nitrogen functional groups attached to an aromatic ring is 1. The van der Waals surface area contributed by atoms with E-state index in [0.717, 1.165) is 16.6 Å². The van der Waals surface area contributed by atoms with Gasteiger partial charge in [0.1, 0.15) is 35.0 Å². The van der Waals surface area contributed by atoms with Gasteiger partial charge in [-0.25, -0.2) is 9.97 Å². The van der Waals surface area contributed by atoms with E-state index in [4.69, 9.17) is 10.5 Å². The molecule has 3 rings (SSSR count). The number of aromatic nitrogens is 3. The zero-order chi connectivity index (χ0) is 16.6. The van der Waals surface area contributed by atoms with Crippen molar-refractivity contribution in [2.24, 2.45) is 0 Å². The second-order valence-electron chi connectivity index (χ2n) is 5.73. The fourth-order valence-electron chi connectivity index (χ4n) is 2.62. The third kappa shape index (κ3) is 2.87. The minimum absolute atomic E-state index is 0.136. The summed E-state index contributed by atoms with van der Waals surface area (Å²) in [4.78, 5) is 12.2. The minimum Gasteiger partial charge on any atom is -0.508 e. The van der Waals surface area contributed by atoms with Gasteiger partial charge in [-0.05, 0) is 20.8 Å². The molecule has 0 spiro atoms. The Labute approximate surface area is 133 Å². The highest BCUT2D eigenvalue weighted by Crippen LogP contribution is 2.35. The quantitative estimate of drug-likeness (QED) is 0.576. The molecule has 0 saturated carbocycles. The van der Waals surface area contributed by atoms with Gasteiger partial charge in [0.2, 0.25) is 0 Å². The summed E-state index contributed by atoms with van der Waals surface area (Å²) < 4.78 is 5.40. The molecule has 0 aliphatic rings. The number of ether oxygens (including phenoxy) is 1. The fraction of sp³-hybridized carbons (Fsp3) is 0.375. The molecule has 0 aliphatic heterocycles. The third-order valence-electron chi connectivity index (χ3n) is 3.48. The van der Waals surface area contributed by atoms with Crippen molar-refractivity contribution in [1.82, 2.24) is 15.0 Å². The molecule has 2 aromatic heterocycles. The van der Waals surface area contributed by atoms with Crippen LogP contribution < -0.4 is 11.1 Å². The number of pyridine rings is 1. The molecule has 0 saturated heterocycles. The number of nitrogens with one attached hydrogen (secondary N) is 2. The first-order valence-corrected chi connectivity index (χ1v) is 7.64. The zero-order valence-electron chi connectivity index (χ0n) is 13.5. The number of fused-ring (bicyclic) bond motifs is 3. The average molecular weight is 315 g/mol. The molecule has 0 bridgehead atoms. The van der Waals surface area contributed by atoms with Crippen molar-refractivity contribution >= 4 is 33.4 Å². The van der Waals surface area contributed by atoms with Gasteiger partial charge in [0, 0.05) is 30.5 Å². The molecule has 23 heavy (non-hydrogen) atoms. The number of phenolic OH excluding ortho intramolecular Hbond substituents is 1. The van der Waals surface area contributed by atoms with E-state index in [1.807, 2.05) is 20.8 Å². The van der Waals surface area contributed by atoms with Gasteiger partial charge in [0.05, 0.1) is 10.9 Å². The Morgan fingerprint density at radius 2 is 2.13 bits per heavy atom. The number of rotatable bonds is 5. The second kappa shape index (κ2) is 5.92. The van der Waals surface area contributed by atoms with E-state index in [1.54, 1.807) is 12.1 Å². The molecule has 0 amide bonds. The van der Waals surface area contributed by atoms with Gasteiger partial charge in [0.15, 0.2) is 0 Å². The minimum atomic E-state index is 0.136. The van der Waals surface area contributed by atoms with Crippen molar-refractivity contribution in [2.75, 3.05) is 17.7 Å². The Bertz CT molecular complexity index is 857. The normalized spacial score (nSPS) is 11.7. The van der Waals surface area contributed by atoms with Gasteiger partial charge in [-0.15, -0.1) is 0 Å². The first-order chi connectivity index (χ1) is 11.0. The van der Waals surface area contributed by atoms with Gasteiger partial charge in [-0.1, -0.05) is 0 Å². The van der Waals surface area contributed by atoms with Gasteiger partial charge >= 0.3 is 0 Å². The molecule has 5 N–H and O–H groups in total. The average Bonchev–Trinajstić information content (AvgIpc) is 2.88. The van der Waals surface area contributed by atoms with Crippen molar-refractivity contribution in [3.8, 4) is 5.75 Å². The van der Waals surface area contributed by atoms with Crippen molar-refractivity contribution in [1.29, 1.82) is 0 Å². The predicted molar refractivity (Wildman–Crippen MR) is 91.6 cm³/mol. The number of hydrogen-bond acceptors (Lipinski definition) is 6. The summed E-state index contributed by atoms with van der Waals surface area (Å²) in [5, 5.41) is 14.1. The lowest BCUT2D eigenvalue weighted by Gasteiger charge is -2.14. The van der Waals surface area contributed by atoms with E-state index >= 15 is 0 Å². The Morgan fingerprint density at radius 1 is 1.35 bits per heavy atom. The van der Waals surface area contributed by atoms with Crippen LogP contribution in [0, 0.1) is 0 Å². The molecule has 0 fully saturated rings.